The van der Waals surface area contributed by atoms with Crippen LogP contribution in [0, 0.1) is 0 Å². The summed E-state index contributed by atoms with van der Waals surface area (Å²) >= 11 is 0. The van der Waals surface area contributed by atoms with E-state index in [0.717, 1.165) is 44.8 Å². The van der Waals surface area contributed by atoms with E-state index in [1.165, 1.54) is 77.7 Å². The lowest BCUT2D eigenvalue weighted by Gasteiger charge is -2.28. The fourth-order valence-corrected chi connectivity index (χ4v) is 11.2. The first-order valence-electron chi connectivity index (χ1n) is 24.8. The van der Waals surface area contributed by atoms with Crippen molar-refractivity contribution in [3.8, 4) is 72.7 Å². The molecule has 2 unspecified atom stereocenters. The molecule has 12 aromatic rings. The molecule has 4 heteroatoms. The van der Waals surface area contributed by atoms with Crippen molar-refractivity contribution in [3.63, 3.8) is 0 Å². The highest BCUT2D eigenvalue weighted by molar-refractivity contribution is 6.10. The zero-order valence-electron chi connectivity index (χ0n) is 39.3. The summed E-state index contributed by atoms with van der Waals surface area (Å²) in [5, 5.41) is 2.46. The van der Waals surface area contributed by atoms with Gasteiger partial charge in [-0.05, 0) is 117 Å². The van der Waals surface area contributed by atoms with Crippen molar-refractivity contribution < 1.29 is 0 Å². The maximum absolute atomic E-state index is 5.28. The van der Waals surface area contributed by atoms with Crippen LogP contribution >= 0.6 is 0 Å². The van der Waals surface area contributed by atoms with Crippen molar-refractivity contribution in [2.45, 2.75) is 12.0 Å². The van der Waals surface area contributed by atoms with Crippen LogP contribution in [-0.2, 0) is 0 Å². The Morgan fingerprint density at radius 2 is 0.764 bits per heavy atom. The van der Waals surface area contributed by atoms with Crippen LogP contribution in [0.15, 0.2) is 267 Å². The lowest BCUT2D eigenvalue weighted by molar-refractivity contribution is 0.745. The molecule has 0 bridgehead atoms. The standard InChI is InChI=1S/C68H46N4/c1-3-13-45(14-4-1)47-31-37-55(38-32-47)71-63-21-11-7-17-57(63)59-43-53(35-41-65(59)71)49-23-27-51(28-24-49)67-68(70-62-20-10-9-19-61(62)69-67)52-29-25-50(26-30-52)54-36-42-66-60(44-54)58-18-8-12-22-64(58)72(66)56-39-33-48(34-40-56)46-15-5-2-6-16-46/h1-44,57,63H. The van der Waals surface area contributed by atoms with Crippen molar-refractivity contribution in [1.29, 1.82) is 0 Å². The molecule has 1 aliphatic carbocycles. The number of hydrogen-bond acceptors (Lipinski definition) is 3. The second-order valence-corrected chi connectivity index (χ2v) is 18.9. The van der Waals surface area contributed by atoms with Gasteiger partial charge in [-0.15, -0.1) is 0 Å². The van der Waals surface area contributed by atoms with E-state index in [0.29, 0.717) is 0 Å². The van der Waals surface area contributed by atoms with Crippen LogP contribution in [0.1, 0.15) is 11.5 Å². The van der Waals surface area contributed by atoms with E-state index in [1.807, 2.05) is 24.3 Å². The van der Waals surface area contributed by atoms with Gasteiger partial charge in [0.2, 0.25) is 0 Å². The van der Waals surface area contributed by atoms with Gasteiger partial charge >= 0.3 is 0 Å². The molecule has 0 radical (unpaired) electrons. The quantitative estimate of drug-likeness (QED) is 0.152. The van der Waals surface area contributed by atoms with E-state index in [9.17, 15) is 0 Å². The zero-order chi connectivity index (χ0) is 47.5. The Morgan fingerprint density at radius 1 is 0.319 bits per heavy atom. The van der Waals surface area contributed by atoms with E-state index in [2.05, 4.69) is 252 Å². The van der Waals surface area contributed by atoms with Crippen LogP contribution in [-0.4, -0.2) is 20.6 Å². The predicted molar refractivity (Wildman–Crippen MR) is 300 cm³/mol. The lowest BCUT2D eigenvalue weighted by atomic mass is 9.89. The van der Waals surface area contributed by atoms with Gasteiger partial charge in [0, 0.05) is 44.9 Å². The van der Waals surface area contributed by atoms with E-state index < -0.39 is 0 Å². The van der Waals surface area contributed by atoms with Gasteiger partial charge in [-0.2, -0.15) is 0 Å². The molecule has 4 nitrogen and oxygen atoms in total. The third-order valence-electron chi connectivity index (χ3n) is 14.8. The summed E-state index contributed by atoms with van der Waals surface area (Å²) in [5.74, 6) is 0.263. The van der Waals surface area contributed by atoms with Crippen LogP contribution in [0.25, 0.3) is 106 Å². The topological polar surface area (TPSA) is 34.0 Å². The summed E-state index contributed by atoms with van der Waals surface area (Å²) < 4.78 is 2.38. The molecule has 3 heterocycles. The number of benzene rings is 10. The first-order chi connectivity index (χ1) is 35.7. The number of para-hydroxylation sites is 3. The SMILES string of the molecule is C1=CC2c3cc(-c4ccc(-c5nc6ccccc6nc5-c5ccc(-c6ccc7c(c6)c6ccccc6n7-c6ccc(-c7ccccc7)cc6)cc5)cc4)ccc3N(c3ccc(-c4ccccc4)cc3)C2C=C1. The normalized spacial score (nSPS) is 14.8. The molecule has 0 amide bonds. The van der Waals surface area contributed by atoms with Crippen molar-refractivity contribution in [2.24, 2.45) is 0 Å². The number of allylic oxidation sites excluding steroid dienone is 2. The van der Waals surface area contributed by atoms with Crippen LogP contribution in [0.4, 0.5) is 11.4 Å². The molecular formula is C68H46N4. The lowest BCUT2D eigenvalue weighted by Crippen LogP contribution is -2.28. The Bertz CT molecular complexity index is 4060. The molecule has 14 rings (SSSR count). The fourth-order valence-electron chi connectivity index (χ4n) is 11.2. The van der Waals surface area contributed by atoms with Crippen molar-refractivity contribution in [3.05, 3.63) is 273 Å². The minimum atomic E-state index is 0.218. The number of anilines is 2. The average molecular weight is 919 g/mol. The van der Waals surface area contributed by atoms with Crippen LogP contribution in [0.2, 0.25) is 0 Å². The molecule has 10 aromatic carbocycles. The highest BCUT2D eigenvalue weighted by Gasteiger charge is 2.37. The number of nitrogens with zero attached hydrogens (tertiary/aromatic N) is 4. The third kappa shape index (κ3) is 7.15. The number of fused-ring (bicyclic) bond motifs is 7. The second kappa shape index (κ2) is 17.2. The highest BCUT2D eigenvalue weighted by Crippen LogP contribution is 2.49. The first kappa shape index (κ1) is 41.6. The average Bonchev–Trinajstić information content (AvgIpc) is 3.98. The van der Waals surface area contributed by atoms with Crippen molar-refractivity contribution >= 4 is 44.2 Å². The molecule has 338 valence electrons. The third-order valence-corrected chi connectivity index (χ3v) is 14.8. The van der Waals surface area contributed by atoms with Crippen LogP contribution < -0.4 is 4.90 Å². The first-order valence-corrected chi connectivity index (χ1v) is 24.8. The molecule has 0 spiro atoms. The van der Waals surface area contributed by atoms with Gasteiger partial charge in [0.25, 0.3) is 0 Å². The maximum atomic E-state index is 5.28. The van der Waals surface area contributed by atoms with Crippen molar-refractivity contribution in [2.75, 3.05) is 4.90 Å². The Balaban J connectivity index is 0.772. The summed E-state index contributed by atoms with van der Waals surface area (Å²) in [6, 6.07) is 87.7. The molecule has 0 saturated heterocycles. The molecule has 1 aliphatic heterocycles. The largest absolute Gasteiger partial charge is 0.333 e. The van der Waals surface area contributed by atoms with Gasteiger partial charge in [0.1, 0.15) is 0 Å². The monoisotopic (exact) mass is 918 g/mol. The molecular weight excluding hydrogens is 873 g/mol. The van der Waals surface area contributed by atoms with Crippen LogP contribution in [0.3, 0.4) is 0 Å². The van der Waals surface area contributed by atoms with Gasteiger partial charge in [-0.25, -0.2) is 9.97 Å². The van der Waals surface area contributed by atoms with E-state index in [-0.39, 0.29) is 12.0 Å². The zero-order valence-corrected chi connectivity index (χ0v) is 39.3. The maximum Gasteiger partial charge on any atom is 0.0973 e. The number of hydrogen-bond donors (Lipinski definition) is 0. The van der Waals surface area contributed by atoms with E-state index >= 15 is 0 Å². The summed E-state index contributed by atoms with van der Waals surface area (Å²) in [5.41, 5.74) is 22.4. The summed E-state index contributed by atoms with van der Waals surface area (Å²) in [7, 11) is 0. The smallest absolute Gasteiger partial charge is 0.0973 e. The Morgan fingerprint density at radius 3 is 1.39 bits per heavy atom. The summed E-state index contributed by atoms with van der Waals surface area (Å²) in [6.07, 6.45) is 9.07. The minimum Gasteiger partial charge on any atom is -0.333 e. The summed E-state index contributed by atoms with van der Waals surface area (Å²) in [6.45, 7) is 0. The molecule has 2 aliphatic rings. The van der Waals surface area contributed by atoms with Gasteiger partial charge < -0.3 is 9.47 Å². The molecule has 72 heavy (non-hydrogen) atoms. The molecule has 0 fully saturated rings. The molecule has 2 aromatic heterocycles. The van der Waals surface area contributed by atoms with E-state index in [1.54, 1.807) is 0 Å². The van der Waals surface area contributed by atoms with Crippen LogP contribution in [0.5, 0.6) is 0 Å². The Kier molecular flexibility index (Phi) is 9.95. The molecule has 0 saturated carbocycles. The highest BCUT2D eigenvalue weighted by atomic mass is 15.2. The fraction of sp³-hybridized carbons (Fsp3) is 0.0294. The molecule has 2 atom stereocenters. The second-order valence-electron chi connectivity index (χ2n) is 18.9. The van der Waals surface area contributed by atoms with Gasteiger partial charge in [0.15, 0.2) is 0 Å². The van der Waals surface area contributed by atoms with E-state index in [4.69, 9.17) is 9.97 Å². The predicted octanol–water partition coefficient (Wildman–Crippen LogP) is 17.5. The van der Waals surface area contributed by atoms with Crippen molar-refractivity contribution in [1.82, 2.24) is 14.5 Å². The minimum absolute atomic E-state index is 0.218. The molecule has 0 N–H and O–H groups in total. The van der Waals surface area contributed by atoms with Gasteiger partial charge in [-0.3, -0.25) is 0 Å². The number of aromatic nitrogens is 3. The summed E-state index contributed by atoms with van der Waals surface area (Å²) in [4.78, 5) is 13.1. The number of rotatable bonds is 8. The Hall–Kier alpha value is -9.38. The Labute approximate surface area is 418 Å². The van der Waals surface area contributed by atoms with Gasteiger partial charge in [0.05, 0.1) is 39.5 Å². The van der Waals surface area contributed by atoms with Gasteiger partial charge in [-0.1, -0.05) is 200 Å².